The van der Waals surface area contributed by atoms with Crippen molar-refractivity contribution in [3.63, 3.8) is 0 Å². The fourth-order valence-electron chi connectivity index (χ4n) is 2.39. The molecule has 0 aromatic heterocycles. The van der Waals surface area contributed by atoms with Crippen molar-refractivity contribution in [2.24, 2.45) is 0 Å². The molecule has 0 heterocycles. The number of carbonyl (C=O) groups excluding carboxylic acids is 1. The molecule has 2 aromatic rings. The lowest BCUT2D eigenvalue weighted by atomic mass is 10.0. The molecule has 2 aromatic carbocycles. The van der Waals surface area contributed by atoms with E-state index in [1.165, 1.54) is 16.7 Å². The molecule has 0 aliphatic heterocycles. The number of carbonyl (C=O) groups is 1. The van der Waals surface area contributed by atoms with Gasteiger partial charge in [0.05, 0.1) is 6.61 Å². The van der Waals surface area contributed by atoms with Crippen LogP contribution >= 0.6 is 0 Å². The van der Waals surface area contributed by atoms with Gasteiger partial charge in [-0.2, -0.15) is 0 Å². The highest BCUT2D eigenvalue weighted by atomic mass is 16.5. The Balaban J connectivity index is 1.69. The van der Waals surface area contributed by atoms with Gasteiger partial charge in [0.15, 0.2) is 0 Å². The second-order valence-electron chi connectivity index (χ2n) is 5.79. The van der Waals surface area contributed by atoms with Gasteiger partial charge < -0.3 is 4.74 Å². The number of aryl methyl sites for hydroxylation is 1. The molecule has 2 rings (SSSR count). The fraction of sp³-hybridized carbons (Fsp3) is 0.286. The van der Waals surface area contributed by atoms with E-state index in [-0.39, 0.29) is 5.97 Å². The van der Waals surface area contributed by atoms with Crippen LogP contribution in [0, 0.1) is 0 Å². The van der Waals surface area contributed by atoms with Gasteiger partial charge in [0.2, 0.25) is 0 Å². The van der Waals surface area contributed by atoms with Gasteiger partial charge in [0.25, 0.3) is 0 Å². The van der Waals surface area contributed by atoms with Gasteiger partial charge >= 0.3 is 5.97 Å². The summed E-state index contributed by atoms with van der Waals surface area (Å²) in [6.07, 6.45) is 4.13. The smallest absolute Gasteiger partial charge is 0.333 e. The third kappa shape index (κ3) is 5.74. The molecule has 2 heteroatoms. The van der Waals surface area contributed by atoms with E-state index in [9.17, 15) is 4.79 Å². The van der Waals surface area contributed by atoms with E-state index >= 15 is 0 Å². The second-order valence-corrected chi connectivity index (χ2v) is 5.79. The molecule has 0 spiro atoms. The Bertz CT molecular complexity index is 627. The molecular formula is C21H24O2. The van der Waals surface area contributed by atoms with Gasteiger partial charge in [-0.05, 0) is 49.3 Å². The first-order valence-corrected chi connectivity index (χ1v) is 8.14. The largest absolute Gasteiger partial charge is 0.462 e. The molecule has 0 amide bonds. The molecule has 0 bridgehead atoms. The predicted molar refractivity (Wildman–Crippen MR) is 95.2 cm³/mol. The van der Waals surface area contributed by atoms with E-state index in [0.717, 1.165) is 25.7 Å². The minimum atomic E-state index is -0.290. The first-order chi connectivity index (χ1) is 11.2. The zero-order valence-corrected chi connectivity index (χ0v) is 13.8. The summed E-state index contributed by atoms with van der Waals surface area (Å²) >= 11 is 0. The number of unbranched alkanes of at least 4 members (excludes halogenated alkanes) is 2. The Labute approximate surface area is 138 Å². The highest BCUT2D eigenvalue weighted by molar-refractivity contribution is 5.86. The Morgan fingerprint density at radius 3 is 2.22 bits per heavy atom. The first kappa shape index (κ1) is 17.0. The van der Waals surface area contributed by atoms with Crippen molar-refractivity contribution in [3.8, 4) is 11.1 Å². The lowest BCUT2D eigenvalue weighted by molar-refractivity contribution is -0.139. The number of benzene rings is 2. The van der Waals surface area contributed by atoms with Crippen molar-refractivity contribution in [3.05, 3.63) is 72.3 Å². The Morgan fingerprint density at radius 2 is 1.57 bits per heavy atom. The molecule has 0 unspecified atom stereocenters. The average Bonchev–Trinajstić information content (AvgIpc) is 2.59. The van der Waals surface area contributed by atoms with Crippen molar-refractivity contribution in [2.75, 3.05) is 6.61 Å². The third-order valence-electron chi connectivity index (χ3n) is 3.75. The molecule has 0 aliphatic rings. The molecular weight excluding hydrogens is 284 g/mol. The van der Waals surface area contributed by atoms with E-state index < -0.39 is 0 Å². The fourth-order valence-corrected chi connectivity index (χ4v) is 2.39. The van der Waals surface area contributed by atoms with E-state index in [0.29, 0.717) is 12.2 Å². The van der Waals surface area contributed by atoms with Crippen molar-refractivity contribution in [1.82, 2.24) is 0 Å². The van der Waals surface area contributed by atoms with Crippen LogP contribution in [0.3, 0.4) is 0 Å². The second kappa shape index (κ2) is 8.94. The molecule has 0 saturated heterocycles. The average molecular weight is 308 g/mol. The summed E-state index contributed by atoms with van der Waals surface area (Å²) in [5.74, 6) is -0.290. The summed E-state index contributed by atoms with van der Waals surface area (Å²) < 4.78 is 5.08. The maximum absolute atomic E-state index is 11.2. The van der Waals surface area contributed by atoms with Crippen molar-refractivity contribution >= 4 is 5.97 Å². The molecule has 0 fully saturated rings. The minimum Gasteiger partial charge on any atom is -0.462 e. The van der Waals surface area contributed by atoms with E-state index in [4.69, 9.17) is 4.74 Å². The van der Waals surface area contributed by atoms with Gasteiger partial charge in [0.1, 0.15) is 0 Å². The van der Waals surface area contributed by atoms with Gasteiger partial charge in [-0.1, -0.05) is 61.2 Å². The van der Waals surface area contributed by atoms with Crippen LogP contribution in [-0.2, 0) is 16.0 Å². The third-order valence-corrected chi connectivity index (χ3v) is 3.75. The summed E-state index contributed by atoms with van der Waals surface area (Å²) in [6, 6.07) is 19.2. The summed E-state index contributed by atoms with van der Waals surface area (Å²) in [5, 5.41) is 0. The molecule has 0 radical (unpaired) electrons. The highest BCUT2D eigenvalue weighted by Gasteiger charge is 2.02. The van der Waals surface area contributed by atoms with E-state index in [1.54, 1.807) is 6.92 Å². The lowest BCUT2D eigenvalue weighted by Crippen LogP contribution is -2.06. The zero-order chi connectivity index (χ0) is 16.5. The summed E-state index contributed by atoms with van der Waals surface area (Å²) in [4.78, 5) is 11.2. The summed E-state index contributed by atoms with van der Waals surface area (Å²) in [5.41, 5.74) is 4.31. The van der Waals surface area contributed by atoms with E-state index in [2.05, 4.69) is 55.1 Å². The summed E-state index contributed by atoms with van der Waals surface area (Å²) in [6.45, 7) is 5.72. The van der Waals surface area contributed by atoms with Crippen LogP contribution < -0.4 is 0 Å². The van der Waals surface area contributed by atoms with Gasteiger partial charge in [0, 0.05) is 5.57 Å². The van der Waals surface area contributed by atoms with E-state index in [1.807, 2.05) is 6.07 Å². The SMILES string of the molecule is C=C(C)C(=O)OCCCCCc1ccc(-c2ccccc2)cc1. The molecule has 0 atom stereocenters. The normalized spacial score (nSPS) is 10.3. The van der Waals surface area contributed by atoms with Crippen LogP contribution in [0.4, 0.5) is 0 Å². The topological polar surface area (TPSA) is 26.3 Å². The molecule has 0 aliphatic carbocycles. The Morgan fingerprint density at radius 1 is 0.913 bits per heavy atom. The van der Waals surface area contributed by atoms with Crippen LogP contribution in [0.25, 0.3) is 11.1 Å². The maximum Gasteiger partial charge on any atom is 0.333 e. The van der Waals surface area contributed by atoms with Gasteiger partial charge in [-0.25, -0.2) is 4.79 Å². The predicted octanol–water partition coefficient (Wildman–Crippen LogP) is 5.19. The number of ether oxygens (including phenoxy) is 1. The Kier molecular flexibility index (Phi) is 6.61. The summed E-state index contributed by atoms with van der Waals surface area (Å²) in [7, 11) is 0. The number of hydrogen-bond acceptors (Lipinski definition) is 2. The number of esters is 1. The van der Waals surface area contributed by atoms with Crippen LogP contribution in [0.1, 0.15) is 31.7 Å². The van der Waals surface area contributed by atoms with Crippen LogP contribution in [0.2, 0.25) is 0 Å². The molecule has 23 heavy (non-hydrogen) atoms. The standard InChI is InChI=1S/C21H24O2/c1-17(2)21(22)23-16-8-4-5-9-18-12-14-20(15-13-18)19-10-6-3-7-11-19/h3,6-7,10-15H,1,4-5,8-9,16H2,2H3. The van der Waals surface area contributed by atoms with Crippen molar-refractivity contribution in [1.29, 1.82) is 0 Å². The van der Waals surface area contributed by atoms with Crippen LogP contribution in [0.15, 0.2) is 66.7 Å². The number of rotatable bonds is 8. The van der Waals surface area contributed by atoms with Crippen molar-refractivity contribution < 1.29 is 9.53 Å². The molecule has 120 valence electrons. The number of hydrogen-bond donors (Lipinski definition) is 0. The molecule has 0 saturated carbocycles. The molecule has 2 nitrogen and oxygen atoms in total. The van der Waals surface area contributed by atoms with Gasteiger partial charge in [-0.15, -0.1) is 0 Å². The van der Waals surface area contributed by atoms with Gasteiger partial charge in [-0.3, -0.25) is 0 Å². The van der Waals surface area contributed by atoms with Crippen LogP contribution in [0.5, 0.6) is 0 Å². The Hall–Kier alpha value is -2.35. The monoisotopic (exact) mass is 308 g/mol. The van der Waals surface area contributed by atoms with Crippen LogP contribution in [-0.4, -0.2) is 12.6 Å². The first-order valence-electron chi connectivity index (χ1n) is 8.14. The van der Waals surface area contributed by atoms with Crippen molar-refractivity contribution in [2.45, 2.75) is 32.6 Å². The zero-order valence-electron chi connectivity index (χ0n) is 13.8. The molecule has 0 N–H and O–H groups in total. The lowest BCUT2D eigenvalue weighted by Gasteiger charge is -2.06. The maximum atomic E-state index is 11.2. The highest BCUT2D eigenvalue weighted by Crippen LogP contribution is 2.20. The minimum absolute atomic E-state index is 0.290. The quantitative estimate of drug-likeness (QED) is 0.381.